The van der Waals surface area contributed by atoms with Crippen LogP contribution in [0.25, 0.3) is 10.9 Å². The molecule has 2 aromatic rings. The smallest absolute Gasteiger partial charge is 0.322 e. The molecular formula is C14H15ClN2O4S. The molecule has 2 N–H and O–H groups in total. The van der Waals surface area contributed by atoms with Gasteiger partial charge in [0.2, 0.25) is 10.0 Å². The van der Waals surface area contributed by atoms with Gasteiger partial charge >= 0.3 is 5.97 Å². The summed E-state index contributed by atoms with van der Waals surface area (Å²) < 4.78 is 27.2. The van der Waals surface area contributed by atoms with E-state index in [2.05, 4.69) is 9.71 Å². The van der Waals surface area contributed by atoms with E-state index in [1.54, 1.807) is 26.0 Å². The average molecular weight is 343 g/mol. The van der Waals surface area contributed by atoms with Crippen LogP contribution >= 0.6 is 11.6 Å². The predicted molar refractivity (Wildman–Crippen MR) is 83.3 cm³/mol. The molecule has 118 valence electrons. The van der Waals surface area contributed by atoms with Gasteiger partial charge in [-0.25, -0.2) is 8.42 Å². The normalized spacial score (nSPS) is 13.5. The van der Waals surface area contributed by atoms with Gasteiger partial charge in [0.15, 0.2) is 0 Å². The van der Waals surface area contributed by atoms with E-state index in [1.165, 1.54) is 18.3 Å². The first kappa shape index (κ1) is 16.7. The Labute approximate surface area is 133 Å². The van der Waals surface area contributed by atoms with Crippen molar-refractivity contribution in [3.05, 3.63) is 35.5 Å². The maximum atomic E-state index is 12.5. The van der Waals surface area contributed by atoms with Crippen LogP contribution in [0.15, 0.2) is 35.4 Å². The predicted octanol–water partition coefficient (Wildman–Crippen LogP) is 2.28. The van der Waals surface area contributed by atoms with Gasteiger partial charge in [-0.15, -0.1) is 0 Å². The number of fused-ring (bicyclic) bond motifs is 1. The van der Waals surface area contributed by atoms with Gasteiger partial charge in [0, 0.05) is 11.6 Å². The fraction of sp³-hybridized carbons (Fsp3) is 0.286. The monoisotopic (exact) mass is 342 g/mol. The summed E-state index contributed by atoms with van der Waals surface area (Å²) in [6, 6.07) is 4.89. The van der Waals surface area contributed by atoms with Crippen LogP contribution in [-0.4, -0.2) is 30.5 Å². The molecule has 0 spiro atoms. The number of benzene rings is 1. The summed E-state index contributed by atoms with van der Waals surface area (Å²) in [7, 11) is -4.04. The molecule has 6 nitrogen and oxygen atoms in total. The highest BCUT2D eigenvalue weighted by Gasteiger charge is 2.29. The fourth-order valence-electron chi connectivity index (χ4n) is 2.03. The molecule has 0 amide bonds. The summed E-state index contributed by atoms with van der Waals surface area (Å²) in [6.07, 6.45) is 1.40. The van der Waals surface area contributed by atoms with Crippen LogP contribution in [-0.2, 0) is 14.8 Å². The van der Waals surface area contributed by atoms with Crippen LogP contribution in [0.4, 0.5) is 0 Å². The maximum Gasteiger partial charge on any atom is 0.322 e. The standard InChI is InChI=1S/C14H15ClN2O4S/c1-8(2)12(14(18)19)17-22(20,21)11-5-3-4-9-10(15)6-7-16-13(9)11/h3-8,12,17H,1-2H3,(H,18,19). The number of aliphatic carboxylic acids is 1. The molecule has 2 rings (SSSR count). The summed E-state index contributed by atoms with van der Waals surface area (Å²) in [5, 5.41) is 10.0. The van der Waals surface area contributed by atoms with Gasteiger partial charge in [0.25, 0.3) is 0 Å². The van der Waals surface area contributed by atoms with E-state index in [0.717, 1.165) is 0 Å². The largest absolute Gasteiger partial charge is 0.480 e. The molecule has 0 radical (unpaired) electrons. The molecule has 0 aliphatic carbocycles. The number of aromatic nitrogens is 1. The number of rotatable bonds is 5. The molecule has 0 aliphatic heterocycles. The Morgan fingerprint density at radius 1 is 1.32 bits per heavy atom. The highest BCUT2D eigenvalue weighted by molar-refractivity contribution is 7.89. The molecule has 1 heterocycles. The van der Waals surface area contributed by atoms with Gasteiger partial charge < -0.3 is 5.11 Å². The van der Waals surface area contributed by atoms with Crippen molar-refractivity contribution in [3.63, 3.8) is 0 Å². The van der Waals surface area contributed by atoms with Crippen LogP contribution in [0.3, 0.4) is 0 Å². The van der Waals surface area contributed by atoms with Crippen LogP contribution in [0.5, 0.6) is 0 Å². The van der Waals surface area contributed by atoms with Crippen LogP contribution in [0.2, 0.25) is 5.02 Å². The molecule has 0 aliphatic rings. The SMILES string of the molecule is CC(C)C(NS(=O)(=O)c1cccc2c(Cl)ccnc12)C(=O)O. The molecule has 22 heavy (non-hydrogen) atoms. The second kappa shape index (κ2) is 6.20. The van der Waals surface area contributed by atoms with Gasteiger partial charge in [-0.05, 0) is 18.1 Å². The number of carboxylic acid groups (broad SMARTS) is 1. The number of pyridine rings is 1. The summed E-state index contributed by atoms with van der Waals surface area (Å²) in [6.45, 7) is 3.25. The molecule has 1 aromatic heterocycles. The zero-order valence-electron chi connectivity index (χ0n) is 11.9. The Morgan fingerprint density at radius 2 is 2.00 bits per heavy atom. The molecule has 8 heteroatoms. The van der Waals surface area contributed by atoms with Crippen molar-refractivity contribution in [1.82, 2.24) is 9.71 Å². The Morgan fingerprint density at radius 3 is 2.59 bits per heavy atom. The first-order chi connectivity index (χ1) is 10.2. The van der Waals surface area contributed by atoms with E-state index >= 15 is 0 Å². The molecule has 0 saturated carbocycles. The molecule has 1 unspecified atom stereocenters. The average Bonchev–Trinajstić information content (AvgIpc) is 2.44. The minimum Gasteiger partial charge on any atom is -0.480 e. The Bertz CT molecular complexity index is 821. The van der Waals surface area contributed by atoms with Crippen LogP contribution in [0, 0.1) is 5.92 Å². The minimum absolute atomic E-state index is 0.0978. The van der Waals surface area contributed by atoms with Gasteiger partial charge in [-0.1, -0.05) is 37.6 Å². The first-order valence-corrected chi connectivity index (χ1v) is 8.38. The van der Waals surface area contributed by atoms with Crippen molar-refractivity contribution in [3.8, 4) is 0 Å². The molecule has 0 fully saturated rings. The van der Waals surface area contributed by atoms with Gasteiger partial charge in [0.05, 0.1) is 10.5 Å². The quantitative estimate of drug-likeness (QED) is 0.868. The number of nitrogens with zero attached hydrogens (tertiary/aromatic N) is 1. The lowest BCUT2D eigenvalue weighted by Gasteiger charge is -2.18. The van der Waals surface area contributed by atoms with E-state index in [0.29, 0.717) is 10.4 Å². The van der Waals surface area contributed by atoms with Crippen molar-refractivity contribution >= 4 is 38.5 Å². The van der Waals surface area contributed by atoms with Crippen molar-refractivity contribution in [2.24, 2.45) is 5.92 Å². The van der Waals surface area contributed by atoms with Crippen molar-refractivity contribution < 1.29 is 18.3 Å². The molecule has 0 saturated heterocycles. The van der Waals surface area contributed by atoms with Crippen molar-refractivity contribution in [2.75, 3.05) is 0 Å². The third kappa shape index (κ3) is 3.21. The van der Waals surface area contributed by atoms with Crippen LogP contribution < -0.4 is 4.72 Å². The number of halogens is 1. The third-order valence-electron chi connectivity index (χ3n) is 3.19. The third-order valence-corrected chi connectivity index (χ3v) is 4.99. The number of carboxylic acids is 1. The lowest BCUT2D eigenvalue weighted by molar-refractivity contribution is -0.140. The highest BCUT2D eigenvalue weighted by atomic mass is 35.5. The number of hydrogen-bond acceptors (Lipinski definition) is 4. The zero-order chi connectivity index (χ0) is 16.5. The second-order valence-corrected chi connectivity index (χ2v) is 7.22. The van der Waals surface area contributed by atoms with Gasteiger partial charge in [-0.2, -0.15) is 4.72 Å². The van der Waals surface area contributed by atoms with Crippen LogP contribution in [0.1, 0.15) is 13.8 Å². The molecular weight excluding hydrogens is 328 g/mol. The van der Waals surface area contributed by atoms with Crippen molar-refractivity contribution in [2.45, 2.75) is 24.8 Å². The number of sulfonamides is 1. The topological polar surface area (TPSA) is 96.4 Å². The maximum absolute atomic E-state index is 12.5. The lowest BCUT2D eigenvalue weighted by Crippen LogP contribution is -2.44. The number of para-hydroxylation sites is 1. The Kier molecular flexibility index (Phi) is 4.69. The van der Waals surface area contributed by atoms with E-state index < -0.39 is 28.0 Å². The molecule has 1 aromatic carbocycles. The van der Waals surface area contributed by atoms with E-state index in [4.69, 9.17) is 16.7 Å². The number of hydrogen-bond donors (Lipinski definition) is 2. The number of carbonyl (C=O) groups is 1. The minimum atomic E-state index is -4.04. The van der Waals surface area contributed by atoms with Crippen molar-refractivity contribution in [1.29, 1.82) is 0 Å². The van der Waals surface area contributed by atoms with Gasteiger partial charge in [0.1, 0.15) is 10.9 Å². The molecule has 0 bridgehead atoms. The summed E-state index contributed by atoms with van der Waals surface area (Å²) >= 11 is 6.04. The van der Waals surface area contributed by atoms with E-state index in [-0.39, 0.29) is 10.4 Å². The summed E-state index contributed by atoms with van der Waals surface area (Å²) in [5.74, 6) is -1.64. The first-order valence-electron chi connectivity index (χ1n) is 6.52. The Balaban J connectivity index is 2.55. The fourth-order valence-corrected chi connectivity index (χ4v) is 3.75. The van der Waals surface area contributed by atoms with E-state index in [1.807, 2.05) is 0 Å². The summed E-state index contributed by atoms with van der Waals surface area (Å²) in [5.41, 5.74) is 0.204. The zero-order valence-corrected chi connectivity index (χ0v) is 13.5. The van der Waals surface area contributed by atoms with E-state index in [9.17, 15) is 13.2 Å². The Hall–Kier alpha value is -1.70. The second-order valence-electron chi connectivity index (χ2n) is 5.13. The highest BCUT2D eigenvalue weighted by Crippen LogP contribution is 2.26. The molecule has 1 atom stereocenters. The number of nitrogens with one attached hydrogen (secondary N) is 1. The summed E-state index contributed by atoms with van der Waals surface area (Å²) in [4.78, 5) is 15.2. The lowest BCUT2D eigenvalue weighted by atomic mass is 10.1. The van der Waals surface area contributed by atoms with Gasteiger partial charge in [-0.3, -0.25) is 9.78 Å².